The highest BCUT2D eigenvalue weighted by Crippen LogP contribution is 2.34. The number of ether oxygens (including phenoxy) is 1. The number of nitrogens with zero attached hydrogens (tertiary/aromatic N) is 3. The third-order valence-electron chi connectivity index (χ3n) is 6.35. The van der Waals surface area contributed by atoms with Crippen molar-refractivity contribution in [2.24, 2.45) is 0 Å². The summed E-state index contributed by atoms with van der Waals surface area (Å²) in [6.07, 6.45) is 5.13. The first-order valence-electron chi connectivity index (χ1n) is 11.9. The lowest BCUT2D eigenvalue weighted by atomic mass is 10.00. The fourth-order valence-electron chi connectivity index (χ4n) is 4.43. The molecule has 1 fully saturated rings. The van der Waals surface area contributed by atoms with E-state index in [-0.39, 0.29) is 12.2 Å². The largest absolute Gasteiger partial charge is 0.473 e. The lowest BCUT2D eigenvalue weighted by Gasteiger charge is -2.32. The summed E-state index contributed by atoms with van der Waals surface area (Å²) < 4.78 is 8.99. The average molecular weight is 488 g/mol. The predicted molar refractivity (Wildman–Crippen MR) is 134 cm³/mol. The first-order chi connectivity index (χ1) is 17.4. The Morgan fingerprint density at radius 3 is 2.31 bits per heavy atom. The van der Waals surface area contributed by atoms with Gasteiger partial charge in [-0.15, -0.1) is 0 Å². The number of hydrogen-bond acceptors (Lipinski definition) is 5. The number of aromatic nitrogens is 2. The van der Waals surface area contributed by atoms with E-state index in [0.717, 1.165) is 56.0 Å². The Hall–Kier alpha value is -3.93. The maximum atomic E-state index is 9.10. The number of imidazole rings is 1. The van der Waals surface area contributed by atoms with E-state index < -0.39 is 11.9 Å². The summed E-state index contributed by atoms with van der Waals surface area (Å²) in [7, 11) is 2.18. The van der Waals surface area contributed by atoms with Gasteiger partial charge in [-0.1, -0.05) is 48.4 Å². The second kappa shape index (κ2) is 11.7. The van der Waals surface area contributed by atoms with Gasteiger partial charge in [-0.2, -0.15) is 0 Å². The molecule has 2 aliphatic rings. The lowest BCUT2D eigenvalue weighted by Crippen LogP contribution is -2.35. The van der Waals surface area contributed by atoms with Gasteiger partial charge in [0.1, 0.15) is 17.6 Å². The quantitative estimate of drug-likeness (QED) is 0.423. The summed E-state index contributed by atoms with van der Waals surface area (Å²) in [6, 6.07) is 18.8. The number of carboxylic acids is 2. The summed E-state index contributed by atoms with van der Waals surface area (Å²) >= 11 is 0. The minimum absolute atomic E-state index is 0.135. The van der Waals surface area contributed by atoms with Crippen LogP contribution in [-0.4, -0.2) is 62.8 Å². The van der Waals surface area contributed by atoms with Crippen LogP contribution in [0, 0.1) is 11.8 Å². The Labute approximate surface area is 210 Å². The van der Waals surface area contributed by atoms with Crippen LogP contribution >= 0.6 is 0 Å². The van der Waals surface area contributed by atoms with E-state index in [2.05, 4.69) is 52.6 Å². The van der Waals surface area contributed by atoms with Crippen molar-refractivity contribution >= 4 is 11.9 Å². The van der Waals surface area contributed by atoms with Gasteiger partial charge in [-0.3, -0.25) is 0 Å². The second-order valence-corrected chi connectivity index (χ2v) is 8.85. The maximum Gasteiger partial charge on any atom is 0.414 e. The van der Waals surface area contributed by atoms with E-state index in [1.165, 1.54) is 11.1 Å². The van der Waals surface area contributed by atoms with Gasteiger partial charge in [0, 0.05) is 25.2 Å². The van der Waals surface area contributed by atoms with Gasteiger partial charge in [-0.05, 0) is 55.5 Å². The molecule has 186 valence electrons. The van der Waals surface area contributed by atoms with Crippen LogP contribution in [0.1, 0.15) is 47.2 Å². The number of aliphatic carboxylic acids is 2. The van der Waals surface area contributed by atoms with Gasteiger partial charge in [0.2, 0.25) is 0 Å². The number of rotatable bonds is 2. The Bertz CT molecular complexity index is 1260. The highest BCUT2D eigenvalue weighted by Gasteiger charge is 2.30. The molecule has 2 aromatic carbocycles. The molecule has 2 N–H and O–H groups in total. The van der Waals surface area contributed by atoms with E-state index in [4.69, 9.17) is 29.5 Å². The van der Waals surface area contributed by atoms with Gasteiger partial charge in [-0.25, -0.2) is 14.6 Å². The lowest BCUT2D eigenvalue weighted by molar-refractivity contribution is -0.159. The Morgan fingerprint density at radius 1 is 0.944 bits per heavy atom. The zero-order valence-corrected chi connectivity index (χ0v) is 20.1. The Balaban J connectivity index is 0.000000455. The minimum atomic E-state index is -1.82. The van der Waals surface area contributed by atoms with Crippen molar-refractivity contribution in [1.82, 2.24) is 14.5 Å². The van der Waals surface area contributed by atoms with Gasteiger partial charge >= 0.3 is 11.9 Å². The number of piperidine rings is 1. The number of benzene rings is 2. The minimum Gasteiger partial charge on any atom is -0.473 e. The molecule has 36 heavy (non-hydrogen) atoms. The SMILES string of the molecule is CN1CCC(OC2c3ccccc3CCn3c(C#Cc4ccccc4)cnc32)CC1.O=C(O)C(=O)O. The molecule has 0 amide bonds. The zero-order valence-electron chi connectivity index (χ0n) is 20.1. The molecule has 0 aliphatic carbocycles. The second-order valence-electron chi connectivity index (χ2n) is 8.85. The molecular weight excluding hydrogens is 458 g/mol. The number of hydrogen-bond donors (Lipinski definition) is 2. The van der Waals surface area contributed by atoms with Crippen molar-refractivity contribution in [1.29, 1.82) is 0 Å². The summed E-state index contributed by atoms with van der Waals surface area (Å²) in [5.41, 5.74) is 4.58. The normalized spacial score (nSPS) is 17.3. The molecule has 0 saturated carbocycles. The average Bonchev–Trinajstić information content (AvgIpc) is 3.22. The van der Waals surface area contributed by atoms with Crippen LogP contribution < -0.4 is 0 Å². The molecule has 0 spiro atoms. The number of carboxylic acid groups (broad SMARTS) is 2. The van der Waals surface area contributed by atoms with Crippen LogP contribution in [-0.2, 0) is 27.3 Å². The van der Waals surface area contributed by atoms with Crippen LogP contribution in [0.25, 0.3) is 0 Å². The van der Waals surface area contributed by atoms with E-state index in [1.54, 1.807) is 0 Å². The van der Waals surface area contributed by atoms with Crippen molar-refractivity contribution in [3.8, 4) is 11.8 Å². The molecule has 3 heterocycles. The highest BCUT2D eigenvalue weighted by atomic mass is 16.5. The molecule has 0 bridgehead atoms. The predicted octanol–water partition coefficient (Wildman–Crippen LogP) is 3.19. The fraction of sp³-hybridized carbons (Fsp3) is 0.321. The van der Waals surface area contributed by atoms with Crippen molar-refractivity contribution in [3.63, 3.8) is 0 Å². The first-order valence-corrected chi connectivity index (χ1v) is 11.9. The van der Waals surface area contributed by atoms with Crippen molar-refractivity contribution in [2.45, 2.75) is 38.0 Å². The molecule has 1 aromatic heterocycles. The van der Waals surface area contributed by atoms with Gasteiger partial charge in [0.05, 0.1) is 12.3 Å². The van der Waals surface area contributed by atoms with Crippen molar-refractivity contribution in [3.05, 3.63) is 89.0 Å². The molecule has 1 saturated heterocycles. The van der Waals surface area contributed by atoms with E-state index in [1.807, 2.05) is 36.5 Å². The van der Waals surface area contributed by atoms with Crippen LogP contribution in [0.15, 0.2) is 60.8 Å². The van der Waals surface area contributed by atoms with E-state index in [9.17, 15) is 0 Å². The highest BCUT2D eigenvalue weighted by molar-refractivity contribution is 6.27. The molecular formula is C28H29N3O5. The standard InChI is InChI=1S/C26H27N3O.C2H2O4/c1-28-16-14-23(15-17-28)30-25-24-10-6-5-9-21(24)13-18-29-22(19-27-26(25)29)12-11-20-7-3-2-4-8-20;3-1(4)2(5)6/h2-10,19,23,25H,13-18H2,1H3;(H,3,4)(H,5,6). The number of fused-ring (bicyclic) bond motifs is 2. The molecule has 2 aliphatic heterocycles. The topological polar surface area (TPSA) is 105 Å². The van der Waals surface area contributed by atoms with Gasteiger partial charge < -0.3 is 24.4 Å². The molecule has 8 heteroatoms. The van der Waals surface area contributed by atoms with Crippen LogP contribution in [0.5, 0.6) is 0 Å². The fourth-order valence-corrected chi connectivity index (χ4v) is 4.43. The molecule has 1 unspecified atom stereocenters. The molecule has 3 aromatic rings. The summed E-state index contributed by atoms with van der Waals surface area (Å²) in [4.78, 5) is 25.4. The number of carbonyl (C=O) groups is 2. The van der Waals surface area contributed by atoms with Crippen LogP contribution in [0.3, 0.4) is 0 Å². The van der Waals surface area contributed by atoms with Gasteiger partial charge in [0.15, 0.2) is 0 Å². The summed E-state index contributed by atoms with van der Waals surface area (Å²) in [5, 5.41) is 14.8. The summed E-state index contributed by atoms with van der Waals surface area (Å²) in [6.45, 7) is 3.04. The number of aryl methyl sites for hydroxylation is 1. The van der Waals surface area contributed by atoms with Crippen molar-refractivity contribution in [2.75, 3.05) is 20.1 Å². The van der Waals surface area contributed by atoms with Crippen LogP contribution in [0.2, 0.25) is 0 Å². The Kier molecular flexibility index (Phi) is 8.16. The molecule has 0 radical (unpaired) electrons. The molecule has 1 atom stereocenters. The first kappa shape index (κ1) is 25.2. The third-order valence-corrected chi connectivity index (χ3v) is 6.35. The smallest absolute Gasteiger partial charge is 0.414 e. The third kappa shape index (κ3) is 6.19. The maximum absolute atomic E-state index is 9.10. The summed E-state index contributed by atoms with van der Waals surface area (Å²) in [5.74, 6) is 3.96. The van der Waals surface area contributed by atoms with E-state index >= 15 is 0 Å². The molecule has 5 rings (SSSR count). The molecule has 8 nitrogen and oxygen atoms in total. The monoisotopic (exact) mass is 487 g/mol. The van der Waals surface area contributed by atoms with E-state index in [0.29, 0.717) is 0 Å². The van der Waals surface area contributed by atoms with Crippen molar-refractivity contribution < 1.29 is 24.5 Å². The van der Waals surface area contributed by atoms with Crippen LogP contribution in [0.4, 0.5) is 0 Å². The van der Waals surface area contributed by atoms with Gasteiger partial charge in [0.25, 0.3) is 0 Å². The number of likely N-dealkylation sites (tertiary alicyclic amines) is 1. The zero-order chi connectivity index (χ0) is 25.5. The Morgan fingerprint density at radius 2 is 1.61 bits per heavy atom.